The van der Waals surface area contributed by atoms with E-state index in [4.69, 9.17) is 9.47 Å². The number of nitrogens with one attached hydrogen (secondary N) is 2. The third-order valence-corrected chi connectivity index (χ3v) is 6.98. The number of aryl methyl sites for hydroxylation is 1. The molecule has 42 heavy (non-hydrogen) atoms. The fraction of sp³-hybridized carbons (Fsp3) is 0.281. The lowest BCUT2D eigenvalue weighted by Crippen LogP contribution is -2.32. The zero-order valence-electron chi connectivity index (χ0n) is 24.5. The van der Waals surface area contributed by atoms with E-state index in [1.54, 1.807) is 57.8 Å². The molecule has 0 aliphatic heterocycles. The third kappa shape index (κ3) is 7.85. The standard InChI is InChI=1S/C32H34N4O5S/c1-7-40-30(38)28(31(39)41-32(4,5)6)25-14-13-23-24(16-17-33-29(23)36-25)35-26-18-19(2)8-15-27(26)42-22-11-9-21(10-12-22)34-20(3)37/h8-18,28H,7H2,1-6H3,(H,34,37)(H,33,35,36). The highest BCUT2D eigenvalue weighted by atomic mass is 32.2. The average Bonchev–Trinajstić information content (AvgIpc) is 2.90. The molecule has 0 spiro atoms. The van der Waals surface area contributed by atoms with Crippen LogP contribution in [-0.4, -0.2) is 40.0 Å². The number of benzene rings is 2. The maximum Gasteiger partial charge on any atom is 0.327 e. The predicted octanol–water partition coefficient (Wildman–Crippen LogP) is 6.78. The molecule has 2 N–H and O–H groups in total. The highest BCUT2D eigenvalue weighted by Gasteiger charge is 2.35. The van der Waals surface area contributed by atoms with Crippen molar-refractivity contribution in [1.82, 2.24) is 9.97 Å². The van der Waals surface area contributed by atoms with Crippen LogP contribution in [0.1, 0.15) is 51.8 Å². The van der Waals surface area contributed by atoms with E-state index in [1.807, 2.05) is 43.3 Å². The van der Waals surface area contributed by atoms with Crippen molar-refractivity contribution in [2.24, 2.45) is 0 Å². The number of nitrogens with zero attached hydrogens (tertiary/aromatic N) is 2. The van der Waals surface area contributed by atoms with Crippen molar-refractivity contribution >= 4 is 57.7 Å². The highest BCUT2D eigenvalue weighted by Crippen LogP contribution is 2.37. The number of amides is 1. The number of carbonyl (C=O) groups excluding carboxylic acids is 3. The zero-order valence-corrected chi connectivity index (χ0v) is 25.3. The molecule has 10 heteroatoms. The first-order valence-corrected chi connectivity index (χ1v) is 14.3. The smallest absolute Gasteiger partial charge is 0.327 e. The van der Waals surface area contributed by atoms with Crippen molar-refractivity contribution in [1.29, 1.82) is 0 Å². The number of esters is 2. The second-order valence-corrected chi connectivity index (χ2v) is 11.7. The Morgan fingerprint density at radius 3 is 2.36 bits per heavy atom. The van der Waals surface area contributed by atoms with Gasteiger partial charge >= 0.3 is 11.9 Å². The Balaban J connectivity index is 1.65. The topological polar surface area (TPSA) is 120 Å². The fourth-order valence-corrected chi connectivity index (χ4v) is 5.03. The van der Waals surface area contributed by atoms with Gasteiger partial charge in [0.15, 0.2) is 11.6 Å². The maximum absolute atomic E-state index is 13.0. The number of pyridine rings is 2. The molecule has 0 bridgehead atoms. The van der Waals surface area contributed by atoms with Crippen molar-refractivity contribution in [3.05, 3.63) is 78.1 Å². The van der Waals surface area contributed by atoms with Gasteiger partial charge in [-0.3, -0.25) is 14.4 Å². The Bertz CT molecular complexity index is 1620. The second-order valence-electron chi connectivity index (χ2n) is 10.6. The van der Waals surface area contributed by atoms with Gasteiger partial charge in [-0.25, -0.2) is 9.97 Å². The monoisotopic (exact) mass is 586 g/mol. The van der Waals surface area contributed by atoms with Crippen molar-refractivity contribution in [2.45, 2.75) is 62.9 Å². The van der Waals surface area contributed by atoms with E-state index in [9.17, 15) is 14.4 Å². The van der Waals surface area contributed by atoms with Gasteiger partial charge in [-0.05, 0) is 94.8 Å². The number of anilines is 3. The number of rotatable bonds is 9. The number of hydrogen-bond donors (Lipinski definition) is 2. The Labute approximate surface area is 249 Å². The Morgan fingerprint density at radius 1 is 0.952 bits per heavy atom. The van der Waals surface area contributed by atoms with Crippen molar-refractivity contribution in [3.8, 4) is 0 Å². The first-order valence-electron chi connectivity index (χ1n) is 13.5. The largest absolute Gasteiger partial charge is 0.465 e. The van der Waals surface area contributed by atoms with Gasteiger partial charge < -0.3 is 20.1 Å². The van der Waals surface area contributed by atoms with E-state index in [1.165, 1.54) is 6.92 Å². The summed E-state index contributed by atoms with van der Waals surface area (Å²) in [7, 11) is 0. The first-order chi connectivity index (χ1) is 19.9. The van der Waals surface area contributed by atoms with Gasteiger partial charge in [0.1, 0.15) is 5.60 Å². The van der Waals surface area contributed by atoms with E-state index in [-0.39, 0.29) is 18.2 Å². The van der Waals surface area contributed by atoms with Crippen LogP contribution in [0, 0.1) is 6.92 Å². The normalized spacial score (nSPS) is 12.0. The minimum absolute atomic E-state index is 0.118. The summed E-state index contributed by atoms with van der Waals surface area (Å²) in [6, 6.07) is 19.1. The molecular formula is C32H34N4O5S. The van der Waals surface area contributed by atoms with Gasteiger partial charge in [0.25, 0.3) is 0 Å². The van der Waals surface area contributed by atoms with E-state index in [0.717, 1.165) is 32.4 Å². The van der Waals surface area contributed by atoms with Crippen molar-refractivity contribution in [2.75, 3.05) is 17.2 Å². The third-order valence-electron chi connectivity index (χ3n) is 5.89. The molecule has 1 amide bonds. The maximum atomic E-state index is 13.0. The summed E-state index contributed by atoms with van der Waals surface area (Å²) < 4.78 is 10.7. The molecule has 0 radical (unpaired) electrons. The Hall–Kier alpha value is -4.44. The first kappa shape index (κ1) is 30.5. The molecule has 4 rings (SSSR count). The van der Waals surface area contributed by atoms with Gasteiger partial charge in [0.2, 0.25) is 5.91 Å². The molecule has 2 heterocycles. The summed E-state index contributed by atoms with van der Waals surface area (Å²) in [4.78, 5) is 48.1. The molecule has 9 nitrogen and oxygen atoms in total. The second kappa shape index (κ2) is 13.0. The molecule has 2 aromatic heterocycles. The molecule has 218 valence electrons. The molecule has 0 saturated carbocycles. The molecule has 0 saturated heterocycles. The van der Waals surface area contributed by atoms with Crippen LogP contribution < -0.4 is 10.6 Å². The van der Waals surface area contributed by atoms with Crippen LogP contribution in [0.25, 0.3) is 11.0 Å². The lowest BCUT2D eigenvalue weighted by Gasteiger charge is -2.23. The molecule has 0 aliphatic rings. The number of ether oxygens (including phenoxy) is 2. The highest BCUT2D eigenvalue weighted by molar-refractivity contribution is 7.99. The Kier molecular flexibility index (Phi) is 9.47. The molecule has 0 fully saturated rings. The number of fused-ring (bicyclic) bond motifs is 1. The van der Waals surface area contributed by atoms with Crippen LogP contribution in [0.5, 0.6) is 0 Å². The molecule has 0 aliphatic carbocycles. The van der Waals surface area contributed by atoms with Crippen molar-refractivity contribution in [3.63, 3.8) is 0 Å². The van der Waals surface area contributed by atoms with Gasteiger partial charge in [-0.2, -0.15) is 0 Å². The zero-order chi connectivity index (χ0) is 30.4. The lowest BCUT2D eigenvalue weighted by molar-refractivity contribution is -0.164. The summed E-state index contributed by atoms with van der Waals surface area (Å²) in [5.74, 6) is -2.90. The summed E-state index contributed by atoms with van der Waals surface area (Å²) >= 11 is 1.59. The van der Waals surface area contributed by atoms with Gasteiger partial charge in [-0.15, -0.1) is 0 Å². The fourth-order valence-electron chi connectivity index (χ4n) is 4.15. The van der Waals surface area contributed by atoms with Gasteiger partial charge in [-0.1, -0.05) is 17.8 Å². The van der Waals surface area contributed by atoms with E-state index >= 15 is 0 Å². The van der Waals surface area contributed by atoms with Crippen LogP contribution >= 0.6 is 11.8 Å². The van der Waals surface area contributed by atoms with Crippen LogP contribution in [-0.2, 0) is 23.9 Å². The quantitative estimate of drug-likeness (QED) is 0.162. The predicted molar refractivity (Wildman–Crippen MR) is 164 cm³/mol. The lowest BCUT2D eigenvalue weighted by atomic mass is 10.0. The van der Waals surface area contributed by atoms with Crippen LogP contribution in [0.2, 0.25) is 0 Å². The summed E-state index contributed by atoms with van der Waals surface area (Å²) in [6.07, 6.45) is 1.62. The minimum Gasteiger partial charge on any atom is -0.465 e. The molecular weight excluding hydrogens is 552 g/mol. The van der Waals surface area contributed by atoms with Crippen LogP contribution in [0.15, 0.2) is 76.7 Å². The molecule has 1 unspecified atom stereocenters. The summed E-state index contributed by atoms with van der Waals surface area (Å²) in [5, 5.41) is 7.01. The molecule has 4 aromatic rings. The molecule has 1 atom stereocenters. The van der Waals surface area contributed by atoms with Crippen LogP contribution in [0.4, 0.5) is 17.1 Å². The van der Waals surface area contributed by atoms with Gasteiger partial charge in [0.05, 0.1) is 23.7 Å². The van der Waals surface area contributed by atoms with E-state index in [2.05, 4.69) is 32.7 Å². The summed E-state index contributed by atoms with van der Waals surface area (Å²) in [5.41, 5.74) is 3.25. The Morgan fingerprint density at radius 2 is 1.69 bits per heavy atom. The minimum atomic E-state index is -1.33. The summed E-state index contributed by atoms with van der Waals surface area (Å²) in [6.45, 7) is 10.5. The van der Waals surface area contributed by atoms with Crippen LogP contribution in [0.3, 0.4) is 0 Å². The van der Waals surface area contributed by atoms with E-state index < -0.39 is 23.5 Å². The number of carbonyl (C=O) groups is 3. The van der Waals surface area contributed by atoms with Crippen molar-refractivity contribution < 1.29 is 23.9 Å². The number of aromatic nitrogens is 2. The molecule has 2 aromatic carbocycles. The number of hydrogen-bond acceptors (Lipinski definition) is 9. The SMILES string of the molecule is CCOC(=O)C(C(=O)OC(C)(C)C)c1ccc2c(Nc3cc(C)ccc3Sc3ccc(NC(C)=O)cc3)ccnc2n1. The van der Waals surface area contributed by atoms with E-state index in [0.29, 0.717) is 11.0 Å². The average molecular weight is 587 g/mol. The van der Waals surface area contributed by atoms with Gasteiger partial charge in [0, 0.05) is 34.0 Å².